The van der Waals surface area contributed by atoms with Gasteiger partial charge in [0.1, 0.15) is 5.82 Å². The summed E-state index contributed by atoms with van der Waals surface area (Å²) in [5.74, 6) is 0.425. The van der Waals surface area contributed by atoms with E-state index in [1.54, 1.807) is 48.0 Å². The molecular weight excluding hydrogens is 458 g/mol. The summed E-state index contributed by atoms with van der Waals surface area (Å²) in [6.45, 7) is 6.09. The summed E-state index contributed by atoms with van der Waals surface area (Å²) in [4.78, 5) is 31.7. The summed E-state index contributed by atoms with van der Waals surface area (Å²) < 4.78 is 6.85. The maximum absolute atomic E-state index is 12.2. The Hall–Kier alpha value is -3.51. The summed E-state index contributed by atoms with van der Waals surface area (Å²) in [6.07, 6.45) is 4.70. The number of carbonyl (C=O) groups excluding carboxylic acids is 1. The van der Waals surface area contributed by atoms with Crippen molar-refractivity contribution in [3.63, 3.8) is 0 Å². The average molecular weight is 486 g/mol. The van der Waals surface area contributed by atoms with Crippen LogP contribution in [0.15, 0.2) is 41.7 Å². The summed E-state index contributed by atoms with van der Waals surface area (Å²) in [7, 11) is 1.64. The molecule has 0 aliphatic rings. The van der Waals surface area contributed by atoms with E-state index in [1.165, 1.54) is 18.2 Å². The Labute approximate surface area is 201 Å². The van der Waals surface area contributed by atoms with Gasteiger partial charge in [0.2, 0.25) is 5.91 Å². The van der Waals surface area contributed by atoms with Crippen LogP contribution in [0.25, 0.3) is 17.1 Å². The predicted molar refractivity (Wildman–Crippen MR) is 132 cm³/mol. The molecule has 11 nitrogen and oxygen atoms in total. The number of anilines is 1. The zero-order valence-electron chi connectivity index (χ0n) is 19.2. The van der Waals surface area contributed by atoms with E-state index >= 15 is 0 Å². The van der Waals surface area contributed by atoms with E-state index in [1.807, 2.05) is 0 Å². The molecule has 0 atom stereocenters. The zero-order chi connectivity index (χ0) is 24.5. The van der Waals surface area contributed by atoms with E-state index in [9.17, 15) is 14.9 Å². The highest BCUT2D eigenvalue weighted by Gasteiger charge is 2.14. The SMILES string of the molecule is COCCNc1nc(SC(C)C)nc2c1cnn2CCNC(=O)/C=C\c1ccc([N+](=O)[O-])cc1. The number of methoxy groups -OCH3 is 1. The Kier molecular flexibility index (Phi) is 8.93. The Bertz CT molecular complexity index is 1160. The molecule has 3 aromatic rings. The van der Waals surface area contributed by atoms with Crippen molar-refractivity contribution in [2.45, 2.75) is 30.8 Å². The van der Waals surface area contributed by atoms with E-state index in [4.69, 9.17) is 4.74 Å². The van der Waals surface area contributed by atoms with Gasteiger partial charge in [0, 0.05) is 43.7 Å². The van der Waals surface area contributed by atoms with Gasteiger partial charge in [-0.05, 0) is 23.8 Å². The fourth-order valence-electron chi connectivity index (χ4n) is 2.99. The number of nitro benzene ring substituents is 1. The molecule has 0 bridgehead atoms. The minimum atomic E-state index is -0.465. The molecule has 0 saturated carbocycles. The number of nitro groups is 1. The molecule has 12 heteroatoms. The Balaban J connectivity index is 1.64. The van der Waals surface area contributed by atoms with E-state index in [-0.39, 0.29) is 11.6 Å². The van der Waals surface area contributed by atoms with Crippen molar-refractivity contribution >= 4 is 46.3 Å². The third kappa shape index (κ3) is 6.99. The lowest BCUT2D eigenvalue weighted by molar-refractivity contribution is -0.384. The smallest absolute Gasteiger partial charge is 0.269 e. The van der Waals surface area contributed by atoms with Crippen molar-refractivity contribution in [1.29, 1.82) is 0 Å². The lowest BCUT2D eigenvalue weighted by Crippen LogP contribution is -2.25. The van der Waals surface area contributed by atoms with Crippen LogP contribution in [0.2, 0.25) is 0 Å². The van der Waals surface area contributed by atoms with Crippen molar-refractivity contribution in [2.24, 2.45) is 0 Å². The first kappa shape index (κ1) is 25.1. The number of rotatable bonds is 12. The van der Waals surface area contributed by atoms with Gasteiger partial charge in [0.25, 0.3) is 5.69 Å². The molecule has 0 aliphatic heterocycles. The second-order valence-corrected chi connectivity index (χ2v) is 9.06. The van der Waals surface area contributed by atoms with E-state index in [0.29, 0.717) is 53.7 Å². The van der Waals surface area contributed by atoms with Crippen LogP contribution in [0.1, 0.15) is 19.4 Å². The van der Waals surface area contributed by atoms with E-state index in [0.717, 1.165) is 5.39 Å². The molecule has 2 aromatic heterocycles. The number of thioether (sulfide) groups is 1. The molecular formula is C22H27N7O4S. The van der Waals surface area contributed by atoms with E-state index < -0.39 is 4.92 Å². The standard InChI is InChI=1S/C22H27N7O4S/c1-15(2)34-22-26-20(24-11-13-33-3)18-14-25-28(21(18)27-22)12-10-23-19(30)9-6-16-4-7-17(8-5-16)29(31)32/h4-9,14-15H,10-13H2,1-3H3,(H,23,30)(H,24,26,27)/b9-6-. The van der Waals surface area contributed by atoms with Crippen molar-refractivity contribution in [3.05, 3.63) is 52.2 Å². The number of non-ortho nitro benzene ring substituents is 1. The first-order valence-corrected chi connectivity index (χ1v) is 11.6. The van der Waals surface area contributed by atoms with Crippen LogP contribution < -0.4 is 10.6 Å². The quantitative estimate of drug-likeness (QED) is 0.0989. The third-order valence-corrected chi connectivity index (χ3v) is 5.43. The number of amides is 1. The van der Waals surface area contributed by atoms with E-state index in [2.05, 4.69) is 39.5 Å². The predicted octanol–water partition coefficient (Wildman–Crippen LogP) is 3.12. The maximum atomic E-state index is 12.2. The van der Waals surface area contributed by atoms with Crippen LogP contribution in [0.3, 0.4) is 0 Å². The van der Waals surface area contributed by atoms with Crippen LogP contribution in [0.4, 0.5) is 11.5 Å². The normalized spacial score (nSPS) is 11.4. The van der Waals surface area contributed by atoms with Crippen molar-refractivity contribution in [2.75, 3.05) is 32.1 Å². The first-order valence-electron chi connectivity index (χ1n) is 10.7. The van der Waals surface area contributed by atoms with Gasteiger partial charge in [-0.25, -0.2) is 14.6 Å². The van der Waals surface area contributed by atoms with Gasteiger partial charge >= 0.3 is 0 Å². The van der Waals surface area contributed by atoms with Crippen LogP contribution in [0, 0.1) is 10.1 Å². The number of carbonyl (C=O) groups is 1. The molecule has 3 rings (SSSR count). The molecule has 0 saturated heterocycles. The second-order valence-electron chi connectivity index (χ2n) is 7.52. The highest BCUT2D eigenvalue weighted by Crippen LogP contribution is 2.26. The average Bonchev–Trinajstić information content (AvgIpc) is 3.20. The highest BCUT2D eigenvalue weighted by molar-refractivity contribution is 7.99. The van der Waals surface area contributed by atoms with Crippen LogP contribution in [0.5, 0.6) is 0 Å². The van der Waals surface area contributed by atoms with Crippen LogP contribution in [-0.2, 0) is 16.1 Å². The molecule has 1 aromatic carbocycles. The van der Waals surface area contributed by atoms with Crippen LogP contribution in [-0.4, -0.2) is 62.6 Å². The largest absolute Gasteiger partial charge is 0.383 e. The van der Waals surface area contributed by atoms with Crippen molar-refractivity contribution in [1.82, 2.24) is 25.1 Å². The number of hydrogen-bond donors (Lipinski definition) is 2. The minimum Gasteiger partial charge on any atom is -0.383 e. The van der Waals surface area contributed by atoms with Crippen molar-refractivity contribution in [3.8, 4) is 0 Å². The molecule has 0 spiro atoms. The topological polar surface area (TPSA) is 137 Å². The molecule has 0 unspecified atom stereocenters. The minimum absolute atomic E-state index is 0.00358. The number of aromatic nitrogens is 4. The third-order valence-electron chi connectivity index (χ3n) is 4.57. The summed E-state index contributed by atoms with van der Waals surface area (Å²) in [5, 5.41) is 23.0. The number of fused-ring (bicyclic) bond motifs is 1. The molecule has 0 radical (unpaired) electrons. The second kappa shape index (κ2) is 12.1. The van der Waals surface area contributed by atoms with Gasteiger partial charge in [0.05, 0.1) is 29.7 Å². The van der Waals surface area contributed by atoms with Gasteiger partial charge in [-0.15, -0.1) is 0 Å². The number of nitrogens with one attached hydrogen (secondary N) is 2. The fraction of sp³-hybridized carbons (Fsp3) is 0.364. The Morgan fingerprint density at radius 1 is 1.26 bits per heavy atom. The molecule has 180 valence electrons. The number of hydrogen-bond acceptors (Lipinski definition) is 9. The van der Waals surface area contributed by atoms with Gasteiger partial charge in [-0.1, -0.05) is 25.6 Å². The summed E-state index contributed by atoms with van der Waals surface area (Å²) in [5.41, 5.74) is 1.39. The molecule has 2 N–H and O–H groups in total. The van der Waals surface area contributed by atoms with Gasteiger partial charge in [-0.3, -0.25) is 14.9 Å². The highest BCUT2D eigenvalue weighted by atomic mass is 32.2. The first-order chi connectivity index (χ1) is 16.4. The maximum Gasteiger partial charge on any atom is 0.269 e. The van der Waals surface area contributed by atoms with Gasteiger partial charge in [0.15, 0.2) is 10.8 Å². The lowest BCUT2D eigenvalue weighted by atomic mass is 10.2. The Morgan fingerprint density at radius 3 is 2.71 bits per heavy atom. The molecule has 0 aliphatic carbocycles. The molecule has 34 heavy (non-hydrogen) atoms. The fourth-order valence-corrected chi connectivity index (χ4v) is 3.70. The Morgan fingerprint density at radius 2 is 2.03 bits per heavy atom. The van der Waals surface area contributed by atoms with Crippen LogP contribution >= 0.6 is 11.8 Å². The van der Waals surface area contributed by atoms with Gasteiger partial charge in [-0.2, -0.15) is 5.10 Å². The molecule has 0 fully saturated rings. The number of benzene rings is 1. The van der Waals surface area contributed by atoms with Crippen molar-refractivity contribution < 1.29 is 14.5 Å². The summed E-state index contributed by atoms with van der Waals surface area (Å²) in [6, 6.07) is 5.96. The molecule has 2 heterocycles. The monoisotopic (exact) mass is 485 g/mol. The molecule has 1 amide bonds. The zero-order valence-corrected chi connectivity index (χ0v) is 20.0. The summed E-state index contributed by atoms with van der Waals surface area (Å²) >= 11 is 1.56. The lowest BCUT2D eigenvalue weighted by Gasteiger charge is -2.10. The van der Waals surface area contributed by atoms with Gasteiger partial charge < -0.3 is 15.4 Å². The number of ether oxygens (including phenoxy) is 1. The number of nitrogens with zero attached hydrogens (tertiary/aromatic N) is 5.